The van der Waals surface area contributed by atoms with Crippen LogP contribution in [0, 0.1) is 0 Å². The number of phenolic OH excluding ortho intramolecular Hbond substituents is 1. The molecule has 0 fully saturated rings. The van der Waals surface area contributed by atoms with Gasteiger partial charge in [0.25, 0.3) is 0 Å². The van der Waals surface area contributed by atoms with E-state index in [0.717, 1.165) is 24.8 Å². The monoisotopic (exact) mass is 518 g/mol. The fraction of sp³-hybridized carbons (Fsp3) is 0.719. The Morgan fingerprint density at radius 1 is 0.703 bits per heavy atom. The quantitative estimate of drug-likeness (QED) is 0.0768. The average molecular weight is 519 g/mol. The lowest BCUT2D eigenvalue weighted by Crippen LogP contribution is -2.02. The van der Waals surface area contributed by atoms with E-state index in [1.54, 1.807) is 24.3 Å². The number of aliphatic hydroxyl groups excluding tert-OH is 1. The smallest absolute Gasteiger partial charge is 0.330 e. The third-order valence-electron chi connectivity index (χ3n) is 6.91. The van der Waals surface area contributed by atoms with Crippen LogP contribution in [0.2, 0.25) is 0 Å². The van der Waals surface area contributed by atoms with Gasteiger partial charge in [-0.25, -0.2) is 4.79 Å². The number of hydrogen-bond donors (Lipinski definition) is 2. The molecule has 5 heteroatoms. The second-order valence-corrected chi connectivity index (χ2v) is 10.2. The number of carbonyl (C=O) groups excluding carboxylic acids is 1. The minimum Gasteiger partial charge on any atom is -0.504 e. The molecule has 0 amide bonds. The molecule has 0 aliphatic carbocycles. The van der Waals surface area contributed by atoms with Crippen LogP contribution < -0.4 is 4.74 Å². The first-order valence-electron chi connectivity index (χ1n) is 15.0. The van der Waals surface area contributed by atoms with Gasteiger partial charge in [-0.3, -0.25) is 0 Å². The molecular formula is C32H54O5. The Morgan fingerprint density at radius 2 is 1.14 bits per heavy atom. The molecule has 0 spiro atoms. The number of aliphatic hydroxyl groups is 1. The van der Waals surface area contributed by atoms with Crippen LogP contribution in [-0.4, -0.2) is 36.5 Å². The summed E-state index contributed by atoms with van der Waals surface area (Å²) in [6.45, 7) is 0.816. The third kappa shape index (κ3) is 19.7. The van der Waals surface area contributed by atoms with Crippen LogP contribution in [-0.2, 0) is 9.53 Å². The molecule has 1 rings (SSSR count). The molecule has 0 heterocycles. The van der Waals surface area contributed by atoms with Crippen molar-refractivity contribution in [2.75, 3.05) is 20.3 Å². The molecule has 1 aromatic rings. The van der Waals surface area contributed by atoms with Gasteiger partial charge in [0.05, 0.1) is 13.7 Å². The van der Waals surface area contributed by atoms with Crippen molar-refractivity contribution in [2.45, 2.75) is 128 Å². The van der Waals surface area contributed by atoms with Crippen LogP contribution >= 0.6 is 0 Å². The highest BCUT2D eigenvalue weighted by molar-refractivity contribution is 5.87. The van der Waals surface area contributed by atoms with E-state index in [1.165, 1.54) is 122 Å². The van der Waals surface area contributed by atoms with E-state index < -0.39 is 0 Å². The highest BCUT2D eigenvalue weighted by Gasteiger charge is 2.02. The van der Waals surface area contributed by atoms with Crippen LogP contribution in [0.5, 0.6) is 11.5 Å². The molecule has 0 radical (unpaired) electrons. The maximum Gasteiger partial charge on any atom is 0.330 e. The first-order chi connectivity index (χ1) is 18.2. The van der Waals surface area contributed by atoms with Crippen molar-refractivity contribution < 1.29 is 24.5 Å². The highest BCUT2D eigenvalue weighted by Crippen LogP contribution is 2.26. The summed E-state index contributed by atoms with van der Waals surface area (Å²) in [4.78, 5) is 11.9. The van der Waals surface area contributed by atoms with Gasteiger partial charge in [-0.2, -0.15) is 0 Å². The average Bonchev–Trinajstić information content (AvgIpc) is 2.91. The lowest BCUT2D eigenvalue weighted by Gasteiger charge is -2.05. The number of ether oxygens (including phenoxy) is 2. The Balaban J connectivity index is 1.80. The number of unbranched alkanes of at least 4 members (excludes halogenated alkanes) is 19. The minimum atomic E-state index is -0.340. The summed E-state index contributed by atoms with van der Waals surface area (Å²) < 4.78 is 10.3. The fourth-order valence-electron chi connectivity index (χ4n) is 4.58. The number of benzene rings is 1. The van der Waals surface area contributed by atoms with Gasteiger partial charge in [0, 0.05) is 12.7 Å². The van der Waals surface area contributed by atoms with E-state index in [-0.39, 0.29) is 11.7 Å². The Morgan fingerprint density at radius 3 is 1.57 bits per heavy atom. The van der Waals surface area contributed by atoms with Crippen molar-refractivity contribution in [3.05, 3.63) is 29.8 Å². The van der Waals surface area contributed by atoms with Gasteiger partial charge in [0.15, 0.2) is 11.5 Å². The second kappa shape index (κ2) is 24.3. The Bertz CT molecular complexity index is 700. The number of carbonyl (C=O) groups is 1. The number of aromatic hydroxyl groups is 1. The zero-order valence-electron chi connectivity index (χ0n) is 23.6. The van der Waals surface area contributed by atoms with Gasteiger partial charge >= 0.3 is 5.97 Å². The summed E-state index contributed by atoms with van der Waals surface area (Å²) in [5.74, 6) is 0.117. The van der Waals surface area contributed by atoms with Gasteiger partial charge in [-0.05, 0) is 36.6 Å². The molecule has 0 saturated carbocycles. The number of esters is 1. The molecule has 1 aromatic carbocycles. The summed E-state index contributed by atoms with van der Waals surface area (Å²) in [7, 11) is 1.49. The number of methoxy groups -OCH3 is 1. The summed E-state index contributed by atoms with van der Waals surface area (Å²) in [5.41, 5.74) is 0.773. The SMILES string of the molecule is COc1cc(/C=C/C(=O)OCCCCCCCCCCCCCCCCCCCCCCO)ccc1O. The molecule has 0 aliphatic heterocycles. The Labute approximate surface area is 226 Å². The van der Waals surface area contributed by atoms with Gasteiger partial charge in [-0.15, -0.1) is 0 Å². The van der Waals surface area contributed by atoms with E-state index in [0.29, 0.717) is 19.0 Å². The topological polar surface area (TPSA) is 76.0 Å². The predicted molar refractivity (Wildman–Crippen MR) is 154 cm³/mol. The molecule has 212 valence electrons. The van der Waals surface area contributed by atoms with Crippen molar-refractivity contribution in [3.63, 3.8) is 0 Å². The predicted octanol–water partition coefficient (Wildman–Crippen LogP) is 8.75. The largest absolute Gasteiger partial charge is 0.504 e. The summed E-state index contributed by atoms with van der Waals surface area (Å²) in [6.07, 6.45) is 29.0. The normalized spacial score (nSPS) is 11.3. The molecule has 5 nitrogen and oxygen atoms in total. The first kappa shape index (κ1) is 33.0. The van der Waals surface area contributed by atoms with Crippen molar-refractivity contribution in [2.24, 2.45) is 0 Å². The van der Waals surface area contributed by atoms with Crippen molar-refractivity contribution >= 4 is 12.0 Å². The minimum absolute atomic E-state index is 0.0764. The molecule has 0 bridgehead atoms. The molecule has 0 aromatic heterocycles. The zero-order chi connectivity index (χ0) is 26.8. The van der Waals surface area contributed by atoms with Crippen LogP contribution in [0.25, 0.3) is 6.08 Å². The Kier molecular flexibility index (Phi) is 21.7. The van der Waals surface area contributed by atoms with E-state index in [9.17, 15) is 9.90 Å². The maximum atomic E-state index is 11.9. The van der Waals surface area contributed by atoms with Gasteiger partial charge in [0.2, 0.25) is 0 Å². The lowest BCUT2D eigenvalue weighted by atomic mass is 10.0. The Hall–Kier alpha value is -2.01. The molecule has 0 atom stereocenters. The van der Waals surface area contributed by atoms with Crippen molar-refractivity contribution in [1.29, 1.82) is 0 Å². The molecule has 37 heavy (non-hydrogen) atoms. The van der Waals surface area contributed by atoms with E-state index >= 15 is 0 Å². The summed E-state index contributed by atoms with van der Waals surface area (Å²) in [6, 6.07) is 4.93. The van der Waals surface area contributed by atoms with Gasteiger partial charge in [0.1, 0.15) is 0 Å². The lowest BCUT2D eigenvalue weighted by molar-refractivity contribution is -0.137. The van der Waals surface area contributed by atoms with Crippen molar-refractivity contribution in [3.8, 4) is 11.5 Å². The third-order valence-corrected chi connectivity index (χ3v) is 6.91. The molecule has 2 N–H and O–H groups in total. The maximum absolute atomic E-state index is 11.9. The molecule has 0 saturated heterocycles. The molecular weight excluding hydrogens is 464 g/mol. The number of phenols is 1. The van der Waals surface area contributed by atoms with Crippen LogP contribution in [0.3, 0.4) is 0 Å². The van der Waals surface area contributed by atoms with E-state index in [4.69, 9.17) is 14.6 Å². The van der Waals surface area contributed by atoms with E-state index in [1.807, 2.05) is 0 Å². The van der Waals surface area contributed by atoms with Crippen molar-refractivity contribution in [1.82, 2.24) is 0 Å². The van der Waals surface area contributed by atoms with Crippen LogP contribution in [0.1, 0.15) is 134 Å². The molecule has 0 unspecified atom stereocenters. The summed E-state index contributed by atoms with van der Waals surface area (Å²) >= 11 is 0. The second-order valence-electron chi connectivity index (χ2n) is 10.2. The van der Waals surface area contributed by atoms with Crippen LogP contribution in [0.15, 0.2) is 24.3 Å². The number of rotatable bonds is 25. The standard InChI is InChI=1S/C32H54O5/c1-36-31-28-29(22-24-30(31)34)23-25-32(35)37-27-21-19-17-15-13-11-9-7-5-3-2-4-6-8-10-12-14-16-18-20-26-33/h22-25,28,33-34H,2-21,26-27H2,1H3/b25-23+. The van der Waals surface area contributed by atoms with Gasteiger partial charge < -0.3 is 19.7 Å². The summed E-state index contributed by atoms with van der Waals surface area (Å²) in [5, 5.41) is 18.4. The van der Waals surface area contributed by atoms with E-state index in [2.05, 4.69) is 0 Å². The molecule has 0 aliphatic rings. The first-order valence-corrected chi connectivity index (χ1v) is 15.0. The highest BCUT2D eigenvalue weighted by atomic mass is 16.5. The zero-order valence-corrected chi connectivity index (χ0v) is 23.6. The fourth-order valence-corrected chi connectivity index (χ4v) is 4.58. The number of hydrogen-bond acceptors (Lipinski definition) is 5. The van der Waals surface area contributed by atoms with Gasteiger partial charge in [-0.1, -0.05) is 122 Å². The van der Waals surface area contributed by atoms with Crippen LogP contribution in [0.4, 0.5) is 0 Å².